The Bertz CT molecular complexity index is 1200. The predicted molar refractivity (Wildman–Crippen MR) is 115 cm³/mol. The lowest BCUT2D eigenvalue weighted by molar-refractivity contribution is -0.134. The van der Waals surface area contributed by atoms with Crippen molar-refractivity contribution in [3.8, 4) is 5.75 Å². The molecule has 4 aromatic carbocycles. The largest absolute Gasteiger partial charge is 0.426 e. The third-order valence-corrected chi connectivity index (χ3v) is 4.81. The fraction of sp³-hybridized carbons (Fsp3) is 0.120. The highest BCUT2D eigenvalue weighted by Crippen LogP contribution is 2.21. The molecule has 0 heterocycles. The van der Waals surface area contributed by atoms with Gasteiger partial charge >= 0.3 is 5.97 Å². The number of benzene rings is 4. The maximum Gasteiger partial charge on any atom is 0.313 e. The molecule has 0 aliphatic heterocycles. The molecule has 0 saturated carbocycles. The summed E-state index contributed by atoms with van der Waals surface area (Å²) < 4.78 is 5.45. The summed E-state index contributed by atoms with van der Waals surface area (Å²) in [6.45, 7) is 1.79. The topological polar surface area (TPSA) is 55.4 Å². The summed E-state index contributed by atoms with van der Waals surface area (Å²) in [5.74, 6) is -0.0879. The number of amides is 1. The van der Waals surface area contributed by atoms with Crippen LogP contribution in [-0.2, 0) is 4.79 Å². The zero-order chi connectivity index (χ0) is 20.2. The van der Waals surface area contributed by atoms with Gasteiger partial charge in [0.1, 0.15) is 5.75 Å². The summed E-state index contributed by atoms with van der Waals surface area (Å²) in [4.78, 5) is 24.8. The van der Waals surface area contributed by atoms with Gasteiger partial charge in [-0.2, -0.15) is 0 Å². The average molecular weight is 383 g/mol. The summed E-state index contributed by atoms with van der Waals surface area (Å²) in [5, 5.41) is 7.05. The van der Waals surface area contributed by atoms with Crippen LogP contribution in [0.3, 0.4) is 0 Å². The van der Waals surface area contributed by atoms with Crippen molar-refractivity contribution in [3.05, 3.63) is 90.5 Å². The molecule has 0 fully saturated rings. The fourth-order valence-electron chi connectivity index (χ4n) is 3.34. The van der Waals surface area contributed by atoms with E-state index in [0.29, 0.717) is 11.3 Å². The maximum absolute atomic E-state index is 12.5. The van der Waals surface area contributed by atoms with Gasteiger partial charge in [-0.05, 0) is 52.7 Å². The van der Waals surface area contributed by atoms with Crippen LogP contribution in [0, 0.1) is 0 Å². The molecule has 0 saturated heterocycles. The van der Waals surface area contributed by atoms with Crippen molar-refractivity contribution in [1.29, 1.82) is 0 Å². The lowest BCUT2D eigenvalue weighted by atomic mass is 10.1. The lowest BCUT2D eigenvalue weighted by Crippen LogP contribution is -2.35. The van der Waals surface area contributed by atoms with Crippen LogP contribution in [0.25, 0.3) is 21.5 Å². The minimum absolute atomic E-state index is 0.0894. The van der Waals surface area contributed by atoms with Crippen molar-refractivity contribution in [3.63, 3.8) is 0 Å². The number of carbonyl (C=O) groups is 2. The minimum Gasteiger partial charge on any atom is -0.426 e. The highest BCUT2D eigenvalue weighted by atomic mass is 16.5. The molecule has 0 radical (unpaired) electrons. The van der Waals surface area contributed by atoms with Gasteiger partial charge in [-0.15, -0.1) is 0 Å². The molecular weight excluding hydrogens is 362 g/mol. The Labute approximate surface area is 169 Å². The maximum atomic E-state index is 12.5. The van der Waals surface area contributed by atoms with Crippen molar-refractivity contribution in [1.82, 2.24) is 5.32 Å². The summed E-state index contributed by atoms with van der Waals surface area (Å²) in [6, 6.07) is 26.5. The van der Waals surface area contributed by atoms with E-state index in [2.05, 4.69) is 5.32 Å². The van der Waals surface area contributed by atoms with E-state index in [9.17, 15) is 9.59 Å². The van der Waals surface area contributed by atoms with Gasteiger partial charge in [-0.3, -0.25) is 9.59 Å². The van der Waals surface area contributed by atoms with E-state index < -0.39 is 0 Å². The number of nitrogens with one attached hydrogen (secondary N) is 1. The van der Waals surface area contributed by atoms with Crippen molar-refractivity contribution in [2.24, 2.45) is 0 Å². The van der Waals surface area contributed by atoms with Gasteiger partial charge in [0.2, 0.25) is 0 Å². The Morgan fingerprint density at radius 2 is 1.38 bits per heavy atom. The second kappa shape index (κ2) is 8.15. The summed E-state index contributed by atoms with van der Waals surface area (Å²) in [7, 11) is 0. The first-order valence-corrected chi connectivity index (χ1v) is 9.58. The zero-order valence-electron chi connectivity index (χ0n) is 16.1. The van der Waals surface area contributed by atoms with Crippen LogP contribution in [0.4, 0.5) is 0 Å². The molecule has 0 aliphatic rings. The zero-order valence-corrected chi connectivity index (χ0v) is 16.1. The Hall–Kier alpha value is -3.66. The van der Waals surface area contributed by atoms with Crippen LogP contribution >= 0.6 is 0 Å². The monoisotopic (exact) mass is 383 g/mol. The lowest BCUT2D eigenvalue weighted by Gasteiger charge is -2.14. The molecule has 29 heavy (non-hydrogen) atoms. The predicted octanol–water partition coefficient (Wildman–Crippen LogP) is 5.11. The van der Waals surface area contributed by atoms with Crippen LogP contribution in [0.2, 0.25) is 0 Å². The van der Waals surface area contributed by atoms with Gasteiger partial charge in [-0.25, -0.2) is 0 Å². The molecule has 4 nitrogen and oxygen atoms in total. The molecule has 0 spiro atoms. The molecule has 0 bridgehead atoms. The molecule has 1 N–H and O–H groups in total. The molecule has 0 aromatic heterocycles. The van der Waals surface area contributed by atoms with Crippen LogP contribution < -0.4 is 10.1 Å². The van der Waals surface area contributed by atoms with Crippen molar-refractivity contribution in [2.45, 2.75) is 19.4 Å². The van der Waals surface area contributed by atoms with Gasteiger partial charge in [0, 0.05) is 11.6 Å². The standard InChI is InChI=1S/C25H21NO3/c1-17(26-25(28)22-11-10-18-6-2-4-8-20(18)15-22)14-24(27)29-23-13-12-19-7-3-5-9-21(19)16-23/h2-13,15-17H,14H2,1H3,(H,26,28). The van der Waals surface area contributed by atoms with Crippen LogP contribution in [0.15, 0.2) is 84.9 Å². The Morgan fingerprint density at radius 1 is 0.793 bits per heavy atom. The summed E-state index contributed by atoms with van der Waals surface area (Å²) in [6.07, 6.45) is 0.0894. The number of fused-ring (bicyclic) bond motifs is 2. The van der Waals surface area contributed by atoms with Crippen molar-refractivity contribution >= 4 is 33.4 Å². The average Bonchev–Trinajstić information content (AvgIpc) is 2.73. The number of ether oxygens (including phenoxy) is 1. The number of hydrogen-bond donors (Lipinski definition) is 1. The number of esters is 1. The van der Waals surface area contributed by atoms with Crippen molar-refractivity contribution in [2.75, 3.05) is 0 Å². The van der Waals surface area contributed by atoms with Crippen molar-refractivity contribution < 1.29 is 14.3 Å². The molecule has 4 aromatic rings. The summed E-state index contributed by atoms with van der Waals surface area (Å²) >= 11 is 0. The van der Waals surface area contributed by atoms with Crippen LogP contribution in [-0.4, -0.2) is 17.9 Å². The molecule has 1 unspecified atom stereocenters. The molecule has 1 amide bonds. The van der Waals surface area contributed by atoms with E-state index in [4.69, 9.17) is 4.74 Å². The van der Waals surface area contributed by atoms with E-state index in [1.807, 2.05) is 72.8 Å². The second-order valence-corrected chi connectivity index (χ2v) is 7.12. The van der Waals surface area contributed by atoms with Gasteiger partial charge in [0.15, 0.2) is 0 Å². The quantitative estimate of drug-likeness (QED) is 0.385. The first-order chi connectivity index (χ1) is 14.1. The number of carbonyl (C=O) groups excluding carboxylic acids is 2. The molecule has 1 atom stereocenters. The Balaban J connectivity index is 1.36. The minimum atomic E-state index is -0.383. The summed E-state index contributed by atoms with van der Waals surface area (Å²) in [5.41, 5.74) is 0.568. The van der Waals surface area contributed by atoms with Gasteiger partial charge < -0.3 is 10.1 Å². The van der Waals surface area contributed by atoms with E-state index in [1.54, 1.807) is 19.1 Å². The van der Waals surface area contributed by atoms with E-state index >= 15 is 0 Å². The second-order valence-electron chi connectivity index (χ2n) is 7.12. The van der Waals surface area contributed by atoms with Gasteiger partial charge in [-0.1, -0.05) is 60.7 Å². The molecule has 4 heteroatoms. The highest BCUT2D eigenvalue weighted by molar-refractivity contribution is 5.98. The smallest absolute Gasteiger partial charge is 0.313 e. The normalized spacial score (nSPS) is 11.9. The van der Waals surface area contributed by atoms with Gasteiger partial charge in [0.25, 0.3) is 5.91 Å². The molecular formula is C25H21NO3. The number of rotatable bonds is 5. The molecule has 144 valence electrons. The highest BCUT2D eigenvalue weighted by Gasteiger charge is 2.15. The van der Waals surface area contributed by atoms with E-state index in [-0.39, 0.29) is 24.3 Å². The third kappa shape index (κ3) is 4.43. The SMILES string of the molecule is CC(CC(=O)Oc1ccc2ccccc2c1)NC(=O)c1ccc2ccccc2c1. The van der Waals surface area contributed by atoms with Gasteiger partial charge in [0.05, 0.1) is 6.42 Å². The third-order valence-electron chi connectivity index (χ3n) is 4.81. The van der Waals surface area contributed by atoms with Crippen LogP contribution in [0.5, 0.6) is 5.75 Å². The Kier molecular flexibility index (Phi) is 5.25. The number of hydrogen-bond acceptors (Lipinski definition) is 3. The molecule has 0 aliphatic carbocycles. The van der Waals surface area contributed by atoms with E-state index in [1.165, 1.54) is 0 Å². The van der Waals surface area contributed by atoms with Crippen LogP contribution in [0.1, 0.15) is 23.7 Å². The fourth-order valence-corrected chi connectivity index (χ4v) is 3.34. The first-order valence-electron chi connectivity index (χ1n) is 9.58. The first kappa shape index (κ1) is 18.7. The molecule has 4 rings (SSSR count). The van der Waals surface area contributed by atoms with E-state index in [0.717, 1.165) is 21.5 Å². The Morgan fingerprint density at radius 3 is 2.07 bits per heavy atom.